The maximum Gasteiger partial charge on any atom is 0.125 e. The van der Waals surface area contributed by atoms with Gasteiger partial charge in [-0.25, -0.2) is 4.98 Å². The molecule has 94 valence electrons. The zero-order chi connectivity index (χ0) is 13.2. The van der Waals surface area contributed by atoms with E-state index in [0.717, 1.165) is 17.0 Å². The second-order valence-electron chi connectivity index (χ2n) is 5.14. The van der Waals surface area contributed by atoms with Crippen LogP contribution < -0.4 is 0 Å². The van der Waals surface area contributed by atoms with Crippen molar-refractivity contribution in [3.8, 4) is 0 Å². The first-order valence-electron chi connectivity index (χ1n) is 5.61. The van der Waals surface area contributed by atoms with Crippen LogP contribution in [0.25, 0.3) is 5.57 Å². The van der Waals surface area contributed by atoms with Gasteiger partial charge in [0.1, 0.15) is 4.60 Å². The molecule has 3 nitrogen and oxygen atoms in total. The molecule has 1 aromatic heterocycles. The molecular weight excluding hydrogens is 280 g/mol. The minimum absolute atomic E-state index is 0.224. The number of allylic oxidation sites excluding steroid dienone is 1. The van der Waals surface area contributed by atoms with Crippen molar-refractivity contribution in [2.24, 2.45) is 5.41 Å². The Balaban J connectivity index is 3.25. The molecule has 0 amide bonds. The Morgan fingerprint density at radius 2 is 2.06 bits per heavy atom. The summed E-state index contributed by atoms with van der Waals surface area (Å²) in [5, 5.41) is 10.4. The zero-order valence-electron chi connectivity index (χ0n) is 11.0. The van der Waals surface area contributed by atoms with Gasteiger partial charge in [-0.3, -0.25) is 4.98 Å². The molecule has 0 aliphatic rings. The quantitative estimate of drug-likeness (QED) is 0.911. The van der Waals surface area contributed by atoms with Crippen molar-refractivity contribution in [3.63, 3.8) is 0 Å². The molecule has 0 aromatic carbocycles. The molecule has 0 fully saturated rings. The van der Waals surface area contributed by atoms with Crippen molar-refractivity contribution in [2.75, 3.05) is 0 Å². The highest BCUT2D eigenvalue weighted by Gasteiger charge is 2.28. The lowest BCUT2D eigenvalue weighted by atomic mass is 9.83. The Bertz CT molecular complexity index is 436. The summed E-state index contributed by atoms with van der Waals surface area (Å²) in [5.41, 5.74) is 2.18. The predicted octanol–water partition coefficient (Wildman–Crippen LogP) is 3.36. The van der Waals surface area contributed by atoms with Crippen LogP contribution in [0.2, 0.25) is 0 Å². The van der Waals surface area contributed by atoms with Gasteiger partial charge in [0.2, 0.25) is 0 Å². The number of hydrogen-bond donors (Lipinski definition) is 1. The second-order valence-corrected chi connectivity index (χ2v) is 5.95. The van der Waals surface area contributed by atoms with E-state index in [0.29, 0.717) is 4.60 Å². The highest BCUT2D eigenvalue weighted by molar-refractivity contribution is 9.10. The lowest BCUT2D eigenvalue weighted by Gasteiger charge is -2.28. The van der Waals surface area contributed by atoms with Crippen molar-refractivity contribution < 1.29 is 5.11 Å². The van der Waals surface area contributed by atoms with Crippen molar-refractivity contribution in [1.29, 1.82) is 0 Å². The normalized spacial score (nSPS) is 14.9. The summed E-state index contributed by atoms with van der Waals surface area (Å²) in [6, 6.07) is 0. The van der Waals surface area contributed by atoms with Gasteiger partial charge in [-0.1, -0.05) is 26.8 Å². The number of nitrogens with zero attached hydrogens (tertiary/aromatic N) is 2. The van der Waals surface area contributed by atoms with Gasteiger partial charge in [0.15, 0.2) is 0 Å². The smallest absolute Gasteiger partial charge is 0.125 e. The Morgan fingerprint density at radius 1 is 1.47 bits per heavy atom. The number of hydrogen-bond acceptors (Lipinski definition) is 3. The highest BCUT2D eigenvalue weighted by atomic mass is 79.9. The molecule has 0 saturated heterocycles. The number of aromatic nitrogens is 2. The highest BCUT2D eigenvalue weighted by Crippen LogP contribution is 2.31. The molecule has 1 N–H and O–H groups in total. The van der Waals surface area contributed by atoms with Gasteiger partial charge in [-0.2, -0.15) is 0 Å². The Hall–Kier alpha value is -0.740. The van der Waals surface area contributed by atoms with Crippen LogP contribution in [0.5, 0.6) is 0 Å². The van der Waals surface area contributed by atoms with Crippen LogP contribution >= 0.6 is 15.9 Å². The van der Waals surface area contributed by atoms with E-state index in [4.69, 9.17) is 0 Å². The summed E-state index contributed by atoms with van der Waals surface area (Å²) in [7, 11) is 0. The maximum absolute atomic E-state index is 10.4. The van der Waals surface area contributed by atoms with Crippen molar-refractivity contribution >= 4 is 21.5 Å². The van der Waals surface area contributed by atoms with E-state index < -0.39 is 6.10 Å². The number of aliphatic hydroxyl groups is 1. The third kappa shape index (κ3) is 3.36. The topological polar surface area (TPSA) is 46.0 Å². The van der Waals surface area contributed by atoms with Gasteiger partial charge >= 0.3 is 0 Å². The lowest BCUT2D eigenvalue weighted by Crippen LogP contribution is -2.28. The van der Waals surface area contributed by atoms with Crippen LogP contribution in [-0.2, 0) is 0 Å². The van der Waals surface area contributed by atoms with Gasteiger partial charge in [-0.05, 0) is 35.2 Å². The third-order valence-electron chi connectivity index (χ3n) is 2.63. The van der Waals surface area contributed by atoms with Crippen LogP contribution in [-0.4, -0.2) is 21.2 Å². The molecule has 17 heavy (non-hydrogen) atoms. The molecule has 4 heteroatoms. The largest absolute Gasteiger partial charge is 0.388 e. The van der Waals surface area contributed by atoms with E-state index in [1.807, 2.05) is 40.7 Å². The number of halogens is 1. The van der Waals surface area contributed by atoms with E-state index >= 15 is 0 Å². The molecule has 1 atom stereocenters. The fraction of sp³-hybridized carbons (Fsp3) is 0.538. The molecule has 0 radical (unpaired) electrons. The van der Waals surface area contributed by atoms with E-state index in [2.05, 4.69) is 25.9 Å². The SMILES string of the molecule is C/C=C(\c1nc(Br)cnc1C)C(O)C(C)(C)C. The first-order valence-corrected chi connectivity index (χ1v) is 6.40. The van der Waals surface area contributed by atoms with Gasteiger partial charge in [0.25, 0.3) is 0 Å². The molecule has 1 heterocycles. The van der Waals surface area contributed by atoms with Crippen molar-refractivity contribution in [3.05, 3.63) is 28.3 Å². The molecule has 0 bridgehead atoms. The molecule has 0 saturated carbocycles. The lowest BCUT2D eigenvalue weighted by molar-refractivity contribution is 0.114. The van der Waals surface area contributed by atoms with Crippen LogP contribution in [0.3, 0.4) is 0 Å². The summed E-state index contributed by atoms with van der Waals surface area (Å²) in [5.74, 6) is 0. The molecule has 0 spiro atoms. The van der Waals surface area contributed by atoms with Crippen LogP contribution in [0.1, 0.15) is 39.1 Å². The summed E-state index contributed by atoms with van der Waals surface area (Å²) >= 11 is 3.31. The van der Waals surface area contributed by atoms with Crippen LogP contribution in [0.15, 0.2) is 16.9 Å². The summed E-state index contributed by atoms with van der Waals surface area (Å²) in [6.45, 7) is 9.81. The average molecular weight is 299 g/mol. The Kier molecular flexibility index (Phi) is 4.44. The number of aryl methyl sites for hydroxylation is 1. The monoisotopic (exact) mass is 298 g/mol. The first kappa shape index (κ1) is 14.3. The van der Waals surface area contributed by atoms with Gasteiger partial charge in [0.05, 0.1) is 23.7 Å². The minimum Gasteiger partial charge on any atom is -0.388 e. The fourth-order valence-electron chi connectivity index (χ4n) is 1.59. The van der Waals surface area contributed by atoms with E-state index in [-0.39, 0.29) is 5.41 Å². The van der Waals surface area contributed by atoms with Crippen LogP contribution in [0.4, 0.5) is 0 Å². The van der Waals surface area contributed by atoms with E-state index in [1.54, 1.807) is 6.20 Å². The number of rotatable bonds is 2. The predicted molar refractivity (Wildman–Crippen MR) is 73.6 cm³/mol. The second kappa shape index (κ2) is 5.27. The maximum atomic E-state index is 10.4. The summed E-state index contributed by atoms with van der Waals surface area (Å²) in [6.07, 6.45) is 3.00. The minimum atomic E-state index is -0.560. The first-order chi connectivity index (χ1) is 7.77. The molecule has 0 aliphatic carbocycles. The Morgan fingerprint density at radius 3 is 2.53 bits per heavy atom. The average Bonchev–Trinajstić information content (AvgIpc) is 2.22. The fourth-order valence-corrected chi connectivity index (χ4v) is 1.87. The van der Waals surface area contributed by atoms with Crippen molar-refractivity contribution in [2.45, 2.75) is 40.7 Å². The van der Waals surface area contributed by atoms with Gasteiger partial charge in [0, 0.05) is 5.57 Å². The number of aliphatic hydroxyl groups excluding tert-OH is 1. The molecule has 1 aromatic rings. The zero-order valence-corrected chi connectivity index (χ0v) is 12.5. The van der Waals surface area contributed by atoms with E-state index in [9.17, 15) is 5.11 Å². The molecule has 1 rings (SSSR count). The summed E-state index contributed by atoms with van der Waals surface area (Å²) in [4.78, 5) is 8.65. The Labute approximate surface area is 111 Å². The molecular formula is C13H19BrN2O. The standard InChI is InChI=1S/C13H19BrN2O/c1-6-9(12(17)13(3,4)5)11-8(2)15-7-10(14)16-11/h6-7,12,17H,1-5H3/b9-6+. The third-order valence-corrected chi connectivity index (χ3v) is 3.01. The van der Waals surface area contributed by atoms with Gasteiger partial charge in [-0.15, -0.1) is 0 Å². The summed E-state index contributed by atoms with van der Waals surface area (Å²) < 4.78 is 0.679. The molecule has 1 unspecified atom stereocenters. The molecule has 0 aliphatic heterocycles. The van der Waals surface area contributed by atoms with Crippen molar-refractivity contribution in [1.82, 2.24) is 9.97 Å². The van der Waals surface area contributed by atoms with Crippen LogP contribution in [0, 0.1) is 12.3 Å². The van der Waals surface area contributed by atoms with E-state index in [1.165, 1.54) is 0 Å². The van der Waals surface area contributed by atoms with Gasteiger partial charge < -0.3 is 5.11 Å².